The Morgan fingerprint density at radius 3 is 1.79 bits per heavy atom. The van der Waals surface area contributed by atoms with Gasteiger partial charge >= 0.3 is 0 Å². The Morgan fingerprint density at radius 2 is 1.42 bits per heavy atom. The average Bonchev–Trinajstić information content (AvgIpc) is 2.85. The number of nitrogens with zero attached hydrogens (tertiary/aromatic N) is 2. The number of aromatic nitrogens is 1. The zero-order valence-corrected chi connectivity index (χ0v) is 14.2. The predicted octanol–water partition coefficient (Wildman–Crippen LogP) is 3.01. The van der Waals surface area contributed by atoms with E-state index in [-0.39, 0.29) is 11.6 Å². The molecule has 0 bridgehead atoms. The molecule has 0 saturated carbocycles. The first-order valence-electron chi connectivity index (χ1n) is 7.92. The maximum Gasteiger partial charge on any atom is 0.159 e. The third-order valence-electron chi connectivity index (χ3n) is 4.35. The van der Waals surface area contributed by atoms with Crippen LogP contribution in [-0.2, 0) is 6.54 Å². The maximum atomic E-state index is 11.7. The van der Waals surface area contributed by atoms with Crippen LogP contribution in [0.25, 0.3) is 21.8 Å². The Balaban J connectivity index is 2.31. The van der Waals surface area contributed by atoms with E-state index in [2.05, 4.69) is 4.57 Å². The number of nitrogens with two attached hydrogens (primary N) is 1. The first-order chi connectivity index (χ1) is 11.4. The topological polar surface area (TPSA) is 68.3 Å². The summed E-state index contributed by atoms with van der Waals surface area (Å²) in [5.41, 5.74) is 3.42. The van der Waals surface area contributed by atoms with Gasteiger partial charge in [0.15, 0.2) is 11.6 Å². The molecule has 5 heteroatoms. The molecule has 24 heavy (non-hydrogen) atoms. The lowest BCUT2D eigenvalue weighted by atomic mass is 10.0. The Kier molecular flexibility index (Phi) is 4.22. The number of likely N-dealkylation sites (N-methyl/N-ethyl adjacent to an activating group) is 1. The van der Waals surface area contributed by atoms with E-state index in [1.807, 2.05) is 43.4 Å². The van der Waals surface area contributed by atoms with Crippen molar-refractivity contribution in [3.05, 3.63) is 47.5 Å². The number of hydrogen-bond donors (Lipinski definition) is 1. The van der Waals surface area contributed by atoms with Gasteiger partial charge in [-0.3, -0.25) is 15.4 Å². The molecule has 2 N–H and O–H groups in total. The quantitative estimate of drug-likeness (QED) is 0.445. The minimum Gasteiger partial charge on any atom is -0.339 e. The first kappa shape index (κ1) is 16.4. The smallest absolute Gasteiger partial charge is 0.159 e. The number of benzene rings is 2. The number of rotatable bonds is 5. The molecule has 0 aliphatic heterocycles. The lowest BCUT2D eigenvalue weighted by Crippen LogP contribution is -2.29. The molecule has 0 aliphatic rings. The summed E-state index contributed by atoms with van der Waals surface area (Å²) in [4.78, 5) is 23.5. The number of ketones is 2. The molecular weight excluding hydrogens is 302 g/mol. The highest BCUT2D eigenvalue weighted by molar-refractivity contribution is 6.12. The van der Waals surface area contributed by atoms with Crippen molar-refractivity contribution in [3.8, 4) is 0 Å². The standard InChI is InChI=1S/C19H21N3O2/c1-12(23)14-4-6-18-16(10-14)17-11-15(13(2)24)5-7-19(17)22(18)9-8-21(3)20/h4-7,10-11H,8-9,20H2,1-3H3. The van der Waals surface area contributed by atoms with Crippen LogP contribution < -0.4 is 5.84 Å². The van der Waals surface area contributed by atoms with Crippen molar-refractivity contribution in [2.75, 3.05) is 13.6 Å². The highest BCUT2D eigenvalue weighted by atomic mass is 16.1. The van der Waals surface area contributed by atoms with Gasteiger partial charge in [-0.15, -0.1) is 0 Å². The molecular formula is C19H21N3O2. The molecule has 124 valence electrons. The van der Waals surface area contributed by atoms with E-state index < -0.39 is 0 Å². The second-order valence-electron chi connectivity index (χ2n) is 6.21. The van der Waals surface area contributed by atoms with Crippen molar-refractivity contribution in [3.63, 3.8) is 0 Å². The summed E-state index contributed by atoms with van der Waals surface area (Å²) < 4.78 is 2.18. The monoisotopic (exact) mass is 323 g/mol. The van der Waals surface area contributed by atoms with E-state index in [1.54, 1.807) is 18.9 Å². The number of hydrazine groups is 1. The zero-order chi connectivity index (χ0) is 17.4. The molecule has 0 amide bonds. The van der Waals surface area contributed by atoms with Crippen molar-refractivity contribution in [1.82, 2.24) is 9.58 Å². The SMILES string of the molecule is CC(=O)c1ccc2c(c1)c1cc(C(C)=O)ccc1n2CCN(C)N. The fourth-order valence-corrected chi connectivity index (χ4v) is 3.04. The molecule has 1 heterocycles. The van der Waals surface area contributed by atoms with Crippen LogP contribution in [0, 0.1) is 0 Å². The predicted molar refractivity (Wildman–Crippen MR) is 96.3 cm³/mol. The molecule has 0 aliphatic carbocycles. The Hall–Kier alpha value is -2.50. The van der Waals surface area contributed by atoms with Gasteiger partial charge in [0.25, 0.3) is 0 Å². The zero-order valence-electron chi connectivity index (χ0n) is 14.2. The minimum atomic E-state index is 0.0298. The molecule has 3 aromatic rings. The highest BCUT2D eigenvalue weighted by Crippen LogP contribution is 2.31. The largest absolute Gasteiger partial charge is 0.339 e. The molecule has 2 aromatic carbocycles. The van der Waals surface area contributed by atoms with Crippen LogP contribution in [0.5, 0.6) is 0 Å². The molecule has 0 spiro atoms. The highest BCUT2D eigenvalue weighted by Gasteiger charge is 2.14. The Morgan fingerprint density at radius 1 is 0.958 bits per heavy atom. The van der Waals surface area contributed by atoms with Crippen LogP contribution in [0.4, 0.5) is 0 Å². The van der Waals surface area contributed by atoms with Crippen molar-refractivity contribution in [2.45, 2.75) is 20.4 Å². The molecule has 0 atom stereocenters. The normalized spacial score (nSPS) is 11.5. The van der Waals surface area contributed by atoms with Crippen LogP contribution in [0.15, 0.2) is 36.4 Å². The van der Waals surface area contributed by atoms with Gasteiger partial charge in [0, 0.05) is 53.1 Å². The number of Topliss-reactive ketones (excluding diaryl/α,β-unsaturated/α-hetero) is 2. The molecule has 0 unspecified atom stereocenters. The van der Waals surface area contributed by atoms with Gasteiger partial charge in [-0.25, -0.2) is 5.01 Å². The van der Waals surface area contributed by atoms with Crippen LogP contribution in [-0.4, -0.2) is 34.7 Å². The van der Waals surface area contributed by atoms with Gasteiger partial charge in [0.1, 0.15) is 0 Å². The molecule has 5 nitrogen and oxygen atoms in total. The minimum absolute atomic E-state index is 0.0298. The summed E-state index contributed by atoms with van der Waals surface area (Å²) >= 11 is 0. The van der Waals surface area contributed by atoms with E-state index in [9.17, 15) is 9.59 Å². The van der Waals surface area contributed by atoms with Crippen molar-refractivity contribution >= 4 is 33.4 Å². The Bertz CT molecular complexity index is 883. The fourth-order valence-electron chi connectivity index (χ4n) is 3.04. The van der Waals surface area contributed by atoms with E-state index in [0.29, 0.717) is 17.7 Å². The number of carbonyl (C=O) groups excluding carboxylic acids is 2. The maximum absolute atomic E-state index is 11.7. The summed E-state index contributed by atoms with van der Waals surface area (Å²) in [6.45, 7) is 4.54. The van der Waals surface area contributed by atoms with Crippen molar-refractivity contribution in [2.24, 2.45) is 5.84 Å². The summed E-state index contributed by atoms with van der Waals surface area (Å²) in [5.74, 6) is 5.82. The van der Waals surface area contributed by atoms with E-state index in [4.69, 9.17) is 5.84 Å². The van der Waals surface area contributed by atoms with Crippen molar-refractivity contribution < 1.29 is 9.59 Å². The van der Waals surface area contributed by atoms with Crippen LogP contribution in [0.2, 0.25) is 0 Å². The van der Waals surface area contributed by atoms with Crippen LogP contribution >= 0.6 is 0 Å². The van der Waals surface area contributed by atoms with Gasteiger partial charge in [-0.2, -0.15) is 0 Å². The summed E-state index contributed by atoms with van der Waals surface area (Å²) in [7, 11) is 1.83. The number of carbonyl (C=O) groups is 2. The average molecular weight is 323 g/mol. The van der Waals surface area contributed by atoms with E-state index >= 15 is 0 Å². The van der Waals surface area contributed by atoms with Gasteiger partial charge in [-0.1, -0.05) is 0 Å². The second kappa shape index (κ2) is 6.19. The van der Waals surface area contributed by atoms with Gasteiger partial charge in [-0.05, 0) is 50.2 Å². The lowest BCUT2D eigenvalue weighted by molar-refractivity contribution is 0.100. The molecule has 1 aromatic heterocycles. The molecule has 0 fully saturated rings. The Labute approximate surface area is 140 Å². The molecule has 0 radical (unpaired) electrons. The fraction of sp³-hybridized carbons (Fsp3) is 0.263. The number of hydrogen-bond acceptors (Lipinski definition) is 4. The first-order valence-corrected chi connectivity index (χ1v) is 7.92. The lowest BCUT2D eigenvalue weighted by Gasteiger charge is -2.12. The van der Waals surface area contributed by atoms with Crippen LogP contribution in [0.1, 0.15) is 34.6 Å². The third kappa shape index (κ3) is 2.84. The van der Waals surface area contributed by atoms with Gasteiger partial charge < -0.3 is 4.57 Å². The van der Waals surface area contributed by atoms with Crippen molar-refractivity contribution in [1.29, 1.82) is 0 Å². The molecule has 0 saturated heterocycles. The van der Waals surface area contributed by atoms with E-state index in [0.717, 1.165) is 28.4 Å². The third-order valence-corrected chi connectivity index (χ3v) is 4.35. The summed E-state index contributed by atoms with van der Waals surface area (Å²) in [6.07, 6.45) is 0. The van der Waals surface area contributed by atoms with Gasteiger partial charge in [0.2, 0.25) is 0 Å². The van der Waals surface area contributed by atoms with Gasteiger partial charge in [0.05, 0.1) is 0 Å². The molecule has 3 rings (SSSR count). The second-order valence-corrected chi connectivity index (χ2v) is 6.21. The van der Waals surface area contributed by atoms with E-state index in [1.165, 1.54) is 0 Å². The summed E-state index contributed by atoms with van der Waals surface area (Å²) in [6, 6.07) is 11.4. The number of fused-ring (bicyclic) bond motifs is 3. The summed E-state index contributed by atoms with van der Waals surface area (Å²) in [5, 5.41) is 3.62. The van der Waals surface area contributed by atoms with Crippen LogP contribution in [0.3, 0.4) is 0 Å².